The van der Waals surface area contributed by atoms with E-state index in [9.17, 15) is 14.4 Å². The van der Waals surface area contributed by atoms with E-state index in [2.05, 4.69) is 10.4 Å². The number of hydrogen-bond acceptors (Lipinski definition) is 5. The number of ether oxygens (including phenoxy) is 1. The SMILES string of the molecule is CC(C)(C)OC(=O)N[C@@H](CCn1cnn(Cc2ccccc2)c1=O)C(=O)CCl. The van der Waals surface area contributed by atoms with Gasteiger partial charge >= 0.3 is 11.8 Å². The lowest BCUT2D eigenvalue weighted by molar-refractivity contribution is -0.118. The highest BCUT2D eigenvalue weighted by molar-refractivity contribution is 6.28. The average Bonchev–Trinajstić information content (AvgIpc) is 2.97. The fourth-order valence-electron chi connectivity index (χ4n) is 2.51. The lowest BCUT2D eigenvalue weighted by atomic mass is 10.1. The number of nitrogens with zero attached hydrogens (tertiary/aromatic N) is 3. The number of aryl methyl sites for hydroxylation is 1. The number of hydrogen-bond donors (Lipinski definition) is 1. The van der Waals surface area contributed by atoms with Crippen LogP contribution in [0.1, 0.15) is 32.8 Å². The highest BCUT2D eigenvalue weighted by Crippen LogP contribution is 2.08. The third-order valence-electron chi connectivity index (χ3n) is 3.84. The third-order valence-corrected chi connectivity index (χ3v) is 4.11. The minimum absolute atomic E-state index is 0.196. The van der Waals surface area contributed by atoms with Crippen LogP contribution in [0, 0.1) is 0 Å². The Balaban J connectivity index is 2.02. The summed E-state index contributed by atoms with van der Waals surface area (Å²) in [6.07, 6.45) is 0.908. The molecule has 0 bridgehead atoms. The second-order valence-electron chi connectivity index (χ2n) is 7.34. The van der Waals surface area contributed by atoms with Gasteiger partial charge in [0.1, 0.15) is 11.9 Å². The summed E-state index contributed by atoms with van der Waals surface area (Å²) in [5, 5.41) is 6.63. The van der Waals surface area contributed by atoms with Crippen LogP contribution in [-0.4, -0.2) is 43.7 Å². The second-order valence-corrected chi connectivity index (χ2v) is 7.60. The molecular weight excluding hydrogens is 384 g/mol. The summed E-state index contributed by atoms with van der Waals surface area (Å²) in [5.74, 6) is -0.597. The van der Waals surface area contributed by atoms with Crippen LogP contribution in [0.15, 0.2) is 41.5 Å². The van der Waals surface area contributed by atoms with Gasteiger partial charge in [-0.1, -0.05) is 30.3 Å². The number of benzene rings is 1. The molecule has 2 rings (SSSR count). The van der Waals surface area contributed by atoms with Gasteiger partial charge in [-0.15, -0.1) is 11.6 Å². The first kappa shape index (κ1) is 21.7. The Hall–Kier alpha value is -2.61. The minimum Gasteiger partial charge on any atom is -0.444 e. The average molecular weight is 409 g/mol. The van der Waals surface area contributed by atoms with E-state index in [1.807, 2.05) is 30.3 Å². The van der Waals surface area contributed by atoms with E-state index in [0.29, 0.717) is 6.54 Å². The zero-order valence-electron chi connectivity index (χ0n) is 16.2. The number of Topliss-reactive ketones (excluding diaryl/α,β-unsaturated/α-hetero) is 1. The molecule has 1 amide bonds. The van der Waals surface area contributed by atoms with E-state index in [4.69, 9.17) is 16.3 Å². The van der Waals surface area contributed by atoms with Crippen LogP contribution in [0.4, 0.5) is 4.79 Å². The first-order chi connectivity index (χ1) is 13.2. The maximum absolute atomic E-state index is 12.5. The van der Waals surface area contributed by atoms with Crippen molar-refractivity contribution in [3.8, 4) is 0 Å². The number of halogens is 1. The van der Waals surface area contributed by atoms with E-state index in [-0.39, 0.29) is 30.3 Å². The van der Waals surface area contributed by atoms with Crippen molar-refractivity contribution >= 4 is 23.5 Å². The molecule has 1 aromatic heterocycles. The molecule has 2 aromatic rings. The molecule has 0 fully saturated rings. The molecule has 0 aliphatic heterocycles. The highest BCUT2D eigenvalue weighted by atomic mass is 35.5. The Morgan fingerprint density at radius 2 is 1.93 bits per heavy atom. The molecule has 8 nitrogen and oxygen atoms in total. The number of nitrogens with one attached hydrogen (secondary N) is 1. The molecule has 28 heavy (non-hydrogen) atoms. The topological polar surface area (TPSA) is 95.2 Å². The number of carbonyl (C=O) groups is 2. The Morgan fingerprint density at radius 1 is 1.25 bits per heavy atom. The van der Waals surface area contributed by atoms with Gasteiger partial charge in [-0.2, -0.15) is 5.10 Å². The van der Waals surface area contributed by atoms with E-state index in [1.165, 1.54) is 15.6 Å². The first-order valence-corrected chi connectivity index (χ1v) is 9.47. The fraction of sp³-hybridized carbons (Fsp3) is 0.474. The predicted octanol–water partition coefficient (Wildman–Crippen LogP) is 2.18. The molecule has 0 aliphatic carbocycles. The van der Waals surface area contributed by atoms with Gasteiger partial charge in [0.15, 0.2) is 5.78 Å². The van der Waals surface area contributed by atoms with Gasteiger partial charge in [0, 0.05) is 6.54 Å². The van der Waals surface area contributed by atoms with Crippen LogP contribution in [0.5, 0.6) is 0 Å². The van der Waals surface area contributed by atoms with Crippen molar-refractivity contribution in [3.63, 3.8) is 0 Å². The van der Waals surface area contributed by atoms with E-state index < -0.39 is 17.7 Å². The van der Waals surface area contributed by atoms with Gasteiger partial charge in [-0.05, 0) is 32.8 Å². The van der Waals surface area contributed by atoms with Crippen LogP contribution in [0.2, 0.25) is 0 Å². The molecule has 0 saturated heterocycles. The van der Waals surface area contributed by atoms with Crippen LogP contribution in [-0.2, 0) is 22.6 Å². The quantitative estimate of drug-likeness (QED) is 0.675. The van der Waals surface area contributed by atoms with Gasteiger partial charge in [-0.25, -0.2) is 14.3 Å². The Bertz CT molecular complexity index is 855. The molecule has 1 atom stereocenters. The van der Waals surface area contributed by atoms with Crippen molar-refractivity contribution in [1.82, 2.24) is 19.7 Å². The number of carbonyl (C=O) groups excluding carboxylic acids is 2. The summed E-state index contributed by atoms with van der Waals surface area (Å²) in [7, 11) is 0. The van der Waals surface area contributed by atoms with E-state index >= 15 is 0 Å². The van der Waals surface area contributed by atoms with E-state index in [1.54, 1.807) is 20.8 Å². The number of amides is 1. The highest BCUT2D eigenvalue weighted by Gasteiger charge is 2.24. The summed E-state index contributed by atoms with van der Waals surface area (Å²) in [4.78, 5) is 36.5. The molecule has 1 heterocycles. The zero-order valence-corrected chi connectivity index (χ0v) is 17.0. The van der Waals surface area contributed by atoms with Gasteiger partial charge in [0.2, 0.25) is 0 Å². The molecule has 9 heteroatoms. The molecule has 0 saturated carbocycles. The fourth-order valence-corrected chi connectivity index (χ4v) is 2.70. The number of ketones is 1. The Morgan fingerprint density at radius 3 is 2.54 bits per heavy atom. The summed E-state index contributed by atoms with van der Waals surface area (Å²) < 4.78 is 7.92. The number of alkyl halides is 1. The van der Waals surface area contributed by atoms with Gasteiger partial charge in [0.05, 0.1) is 18.5 Å². The van der Waals surface area contributed by atoms with E-state index in [0.717, 1.165) is 5.56 Å². The molecule has 152 valence electrons. The molecule has 0 spiro atoms. The van der Waals surface area contributed by atoms with Crippen molar-refractivity contribution in [2.75, 3.05) is 5.88 Å². The summed E-state index contributed by atoms with van der Waals surface area (Å²) >= 11 is 5.64. The Kier molecular flexibility index (Phi) is 7.39. The van der Waals surface area contributed by atoms with Crippen LogP contribution < -0.4 is 11.0 Å². The summed E-state index contributed by atoms with van der Waals surface area (Å²) in [6, 6.07) is 8.65. The van der Waals surface area contributed by atoms with Gasteiger partial charge < -0.3 is 10.1 Å². The van der Waals surface area contributed by atoms with Crippen molar-refractivity contribution < 1.29 is 14.3 Å². The molecular formula is C19H25ClN4O4. The number of alkyl carbamates (subject to hydrolysis) is 1. The molecule has 0 radical (unpaired) electrons. The molecule has 1 N–H and O–H groups in total. The third kappa shape index (κ3) is 6.53. The summed E-state index contributed by atoms with van der Waals surface area (Å²) in [5.41, 5.74) is -0.0245. The first-order valence-electron chi connectivity index (χ1n) is 8.94. The molecule has 0 unspecified atom stereocenters. The molecule has 1 aromatic carbocycles. The predicted molar refractivity (Wildman–Crippen MR) is 106 cm³/mol. The van der Waals surface area contributed by atoms with Crippen LogP contribution in [0.3, 0.4) is 0 Å². The van der Waals surface area contributed by atoms with Crippen molar-refractivity contribution in [2.45, 2.75) is 51.9 Å². The summed E-state index contributed by atoms with van der Waals surface area (Å²) in [6.45, 7) is 5.74. The lowest BCUT2D eigenvalue weighted by Crippen LogP contribution is -2.44. The maximum atomic E-state index is 12.5. The van der Waals surface area contributed by atoms with Crippen molar-refractivity contribution in [1.29, 1.82) is 0 Å². The Labute approximate surface area is 168 Å². The normalized spacial score (nSPS) is 12.4. The van der Waals surface area contributed by atoms with Crippen molar-refractivity contribution in [3.05, 3.63) is 52.7 Å². The minimum atomic E-state index is -0.850. The van der Waals surface area contributed by atoms with Gasteiger partial charge in [0.25, 0.3) is 0 Å². The smallest absolute Gasteiger partial charge is 0.408 e. The maximum Gasteiger partial charge on any atom is 0.408 e. The van der Waals surface area contributed by atoms with Crippen molar-refractivity contribution in [2.24, 2.45) is 0 Å². The molecule has 0 aliphatic rings. The number of aromatic nitrogens is 3. The second kappa shape index (κ2) is 9.54. The van der Waals surface area contributed by atoms with Crippen LogP contribution >= 0.6 is 11.6 Å². The zero-order chi connectivity index (χ0) is 20.7. The lowest BCUT2D eigenvalue weighted by Gasteiger charge is -2.22. The largest absolute Gasteiger partial charge is 0.444 e. The standard InChI is InChI=1S/C19H25ClN4O4/c1-19(2,3)28-17(26)22-15(16(25)11-20)9-10-23-13-21-24(18(23)27)12-14-7-5-4-6-8-14/h4-8,13,15H,9-12H2,1-3H3,(H,22,26)/t15-/m0/s1. The monoisotopic (exact) mass is 408 g/mol. The van der Waals surface area contributed by atoms with Gasteiger partial charge in [-0.3, -0.25) is 9.36 Å². The van der Waals surface area contributed by atoms with Crippen LogP contribution in [0.25, 0.3) is 0 Å². The number of rotatable bonds is 8.